The molecule has 0 N–H and O–H groups in total. The fourth-order valence-corrected chi connectivity index (χ4v) is 1.05. The molecular formula is C8H7ClOSZn+2. The van der Waals surface area contributed by atoms with Crippen molar-refractivity contribution in [2.75, 3.05) is 0 Å². The largest absolute Gasteiger partial charge is 2.00 e. The Labute approximate surface area is 94.7 Å². The third-order valence-corrected chi connectivity index (χ3v) is 2.19. The Morgan fingerprint density at radius 2 is 2.08 bits per heavy atom. The zero-order valence-corrected chi connectivity index (χ0v) is 11.3. The molecule has 0 bridgehead atoms. The van der Waals surface area contributed by atoms with Gasteiger partial charge in [-0.15, -0.1) is 12.6 Å². The molecule has 0 aromatic heterocycles. The van der Waals surface area contributed by atoms with Gasteiger partial charge in [-0.1, -0.05) is 17.7 Å². The van der Waals surface area contributed by atoms with Crippen molar-refractivity contribution in [2.24, 2.45) is 0 Å². The van der Waals surface area contributed by atoms with E-state index in [9.17, 15) is 4.79 Å². The molecule has 1 aromatic carbocycles. The first-order valence-corrected chi connectivity index (χ1v) is 3.93. The molecule has 0 atom stereocenters. The van der Waals surface area contributed by atoms with Crippen LogP contribution >= 0.6 is 24.2 Å². The first-order valence-electron chi connectivity index (χ1n) is 3.10. The van der Waals surface area contributed by atoms with Gasteiger partial charge in [0.2, 0.25) is 0 Å². The Kier molecular flexibility index (Phi) is 5.07. The Morgan fingerprint density at radius 1 is 1.50 bits per heavy atom. The molecule has 0 spiro atoms. The monoisotopic (exact) mass is 250 g/mol. The molecule has 0 amide bonds. The van der Waals surface area contributed by atoms with E-state index in [0.29, 0.717) is 15.5 Å². The third-order valence-electron chi connectivity index (χ3n) is 1.35. The van der Waals surface area contributed by atoms with Gasteiger partial charge in [-0.25, -0.2) is 0 Å². The summed E-state index contributed by atoms with van der Waals surface area (Å²) in [6, 6.07) is 5.03. The van der Waals surface area contributed by atoms with Gasteiger partial charge in [0.05, 0.1) is 5.02 Å². The molecule has 58 valence electrons. The predicted octanol–water partition coefficient (Wildman–Crippen LogP) is 2.83. The number of benzene rings is 1. The average molecular weight is 252 g/mol. The van der Waals surface area contributed by atoms with Crippen molar-refractivity contribution in [2.45, 2.75) is 11.8 Å². The van der Waals surface area contributed by atoms with Crippen molar-refractivity contribution < 1.29 is 24.3 Å². The number of carbonyl (C=O) groups is 1. The summed E-state index contributed by atoms with van der Waals surface area (Å²) in [7, 11) is 0. The van der Waals surface area contributed by atoms with Crippen LogP contribution in [0, 0.1) is 0 Å². The van der Waals surface area contributed by atoms with Crippen LogP contribution in [0.3, 0.4) is 0 Å². The van der Waals surface area contributed by atoms with Gasteiger partial charge < -0.3 is 0 Å². The molecule has 0 unspecified atom stereocenters. The van der Waals surface area contributed by atoms with Crippen LogP contribution in [0.4, 0.5) is 0 Å². The van der Waals surface area contributed by atoms with Gasteiger partial charge in [0.15, 0.2) is 5.78 Å². The second-order valence-electron chi connectivity index (χ2n) is 2.22. The Bertz CT molecular complexity index is 301. The first kappa shape index (κ1) is 12.2. The van der Waals surface area contributed by atoms with Crippen LogP contribution in [0.5, 0.6) is 0 Å². The number of Topliss-reactive ketones (excluding diaryl/α,β-unsaturated/α-hetero) is 1. The maximum absolute atomic E-state index is 10.8. The van der Waals surface area contributed by atoms with Crippen LogP contribution in [-0.2, 0) is 19.5 Å². The molecule has 0 radical (unpaired) electrons. The summed E-state index contributed by atoms with van der Waals surface area (Å²) >= 11 is 9.80. The molecule has 0 fully saturated rings. The van der Waals surface area contributed by atoms with Crippen LogP contribution in [-0.4, -0.2) is 5.78 Å². The minimum Gasteiger partial charge on any atom is -0.295 e. The fourth-order valence-electron chi connectivity index (χ4n) is 0.726. The van der Waals surface area contributed by atoms with Gasteiger partial charge in [0, 0.05) is 10.5 Å². The normalized spacial score (nSPS) is 8.92. The molecule has 0 saturated heterocycles. The van der Waals surface area contributed by atoms with Crippen molar-refractivity contribution in [3.05, 3.63) is 28.8 Å². The topological polar surface area (TPSA) is 17.1 Å². The number of carbonyl (C=O) groups excluding carboxylic acids is 1. The molecule has 12 heavy (non-hydrogen) atoms. The van der Waals surface area contributed by atoms with E-state index in [2.05, 4.69) is 12.6 Å². The van der Waals surface area contributed by atoms with E-state index in [1.165, 1.54) is 6.92 Å². The summed E-state index contributed by atoms with van der Waals surface area (Å²) < 4.78 is 0. The SMILES string of the molecule is CC(=O)c1ccc(S)c(Cl)c1.[Zn+2]. The summed E-state index contributed by atoms with van der Waals surface area (Å²) in [5.74, 6) is 0.0141. The number of thiol groups is 1. The quantitative estimate of drug-likeness (QED) is 0.462. The summed E-state index contributed by atoms with van der Waals surface area (Å²) in [5.41, 5.74) is 0.618. The van der Waals surface area contributed by atoms with Crippen molar-refractivity contribution in [3.63, 3.8) is 0 Å². The molecule has 0 aliphatic carbocycles. The fraction of sp³-hybridized carbons (Fsp3) is 0.125. The van der Waals surface area contributed by atoms with Gasteiger partial charge in [-0.05, 0) is 19.1 Å². The molecule has 1 rings (SSSR count). The van der Waals surface area contributed by atoms with Gasteiger partial charge >= 0.3 is 19.5 Å². The van der Waals surface area contributed by atoms with E-state index in [1.807, 2.05) is 0 Å². The maximum atomic E-state index is 10.8. The van der Waals surface area contributed by atoms with Gasteiger partial charge in [-0.2, -0.15) is 0 Å². The van der Waals surface area contributed by atoms with Gasteiger partial charge in [-0.3, -0.25) is 4.79 Å². The second kappa shape index (κ2) is 5.01. The van der Waals surface area contributed by atoms with E-state index in [1.54, 1.807) is 18.2 Å². The molecule has 0 aliphatic heterocycles. The Balaban J connectivity index is 0.00000121. The summed E-state index contributed by atoms with van der Waals surface area (Å²) in [6.45, 7) is 1.50. The van der Waals surface area contributed by atoms with Crippen molar-refractivity contribution in [3.8, 4) is 0 Å². The number of rotatable bonds is 1. The van der Waals surface area contributed by atoms with Crippen LogP contribution < -0.4 is 0 Å². The van der Waals surface area contributed by atoms with Gasteiger partial charge in [0.1, 0.15) is 0 Å². The standard InChI is InChI=1S/C8H7ClOS.Zn/c1-5(10)6-2-3-8(11)7(9)4-6;/h2-4,11H,1H3;/q;+2. The number of hydrogen-bond donors (Lipinski definition) is 1. The van der Waals surface area contributed by atoms with E-state index in [0.717, 1.165) is 0 Å². The van der Waals surface area contributed by atoms with Gasteiger partial charge in [0.25, 0.3) is 0 Å². The second-order valence-corrected chi connectivity index (χ2v) is 3.11. The molecule has 4 heteroatoms. The Hall–Kier alpha value is 0.153. The van der Waals surface area contributed by atoms with E-state index < -0.39 is 0 Å². The third kappa shape index (κ3) is 2.89. The molecule has 0 saturated carbocycles. The molecule has 1 nitrogen and oxygen atoms in total. The molecular weight excluding hydrogens is 245 g/mol. The van der Waals surface area contributed by atoms with Crippen molar-refractivity contribution >= 4 is 30.0 Å². The maximum Gasteiger partial charge on any atom is 2.00 e. The smallest absolute Gasteiger partial charge is 0.295 e. The summed E-state index contributed by atoms with van der Waals surface area (Å²) in [6.07, 6.45) is 0. The zero-order chi connectivity index (χ0) is 8.43. The minimum absolute atomic E-state index is 0. The number of halogens is 1. The number of hydrogen-bond acceptors (Lipinski definition) is 2. The van der Waals surface area contributed by atoms with E-state index in [-0.39, 0.29) is 25.3 Å². The van der Waals surface area contributed by atoms with E-state index >= 15 is 0 Å². The molecule has 0 heterocycles. The van der Waals surface area contributed by atoms with Crippen LogP contribution in [0.1, 0.15) is 17.3 Å². The number of ketones is 1. The molecule has 0 aliphatic rings. The van der Waals surface area contributed by atoms with Crippen LogP contribution in [0.15, 0.2) is 23.1 Å². The van der Waals surface area contributed by atoms with Crippen LogP contribution in [0.2, 0.25) is 5.02 Å². The minimum atomic E-state index is 0. The van der Waals surface area contributed by atoms with Crippen molar-refractivity contribution in [1.29, 1.82) is 0 Å². The average Bonchev–Trinajstić information content (AvgIpc) is 1.94. The van der Waals surface area contributed by atoms with Crippen molar-refractivity contribution in [1.82, 2.24) is 0 Å². The van der Waals surface area contributed by atoms with Crippen LogP contribution in [0.25, 0.3) is 0 Å². The predicted molar refractivity (Wildman–Crippen MR) is 48.7 cm³/mol. The molecule has 1 aromatic rings. The van der Waals surface area contributed by atoms with E-state index in [4.69, 9.17) is 11.6 Å². The Morgan fingerprint density at radius 3 is 2.50 bits per heavy atom. The zero-order valence-electron chi connectivity index (χ0n) is 6.67. The first-order chi connectivity index (χ1) is 5.11. The summed E-state index contributed by atoms with van der Waals surface area (Å²) in [5, 5.41) is 0.515. The summed E-state index contributed by atoms with van der Waals surface area (Å²) in [4.78, 5) is 11.5.